The first-order valence-electron chi connectivity index (χ1n) is 5.98. The number of hydrogen-bond acceptors (Lipinski definition) is 3. The van der Waals surface area contributed by atoms with Crippen molar-refractivity contribution in [1.82, 2.24) is 0 Å². The SMILES string of the molecule is COc1ccccc1N(C)CCCCC(C)=O. The average Bonchev–Trinajstić information content (AvgIpc) is 2.34. The number of Topliss-reactive ketones (excluding diaryl/α,β-unsaturated/α-hetero) is 1. The molecule has 0 unspecified atom stereocenters. The van der Waals surface area contributed by atoms with Crippen LogP contribution in [0.4, 0.5) is 5.69 Å². The Morgan fingerprint density at radius 2 is 2.00 bits per heavy atom. The van der Waals surface area contributed by atoms with Crippen LogP contribution in [-0.4, -0.2) is 26.5 Å². The number of carbonyl (C=O) groups excluding carboxylic acids is 1. The molecule has 94 valence electrons. The van der Waals surface area contributed by atoms with Gasteiger partial charge in [-0.25, -0.2) is 0 Å². The standard InChI is InChI=1S/C14H21NO2/c1-12(16)8-6-7-11-15(2)13-9-4-5-10-14(13)17-3/h4-5,9-10H,6-8,11H2,1-3H3. The van der Waals surface area contributed by atoms with E-state index in [9.17, 15) is 4.79 Å². The first-order chi connectivity index (χ1) is 8.15. The highest BCUT2D eigenvalue weighted by Gasteiger charge is 2.06. The molecule has 0 N–H and O–H groups in total. The second kappa shape index (κ2) is 6.94. The number of unbranched alkanes of at least 4 members (excludes halogenated alkanes) is 1. The smallest absolute Gasteiger partial charge is 0.142 e. The minimum atomic E-state index is 0.268. The van der Waals surface area contributed by atoms with Gasteiger partial charge in [0.25, 0.3) is 0 Å². The van der Waals surface area contributed by atoms with Crippen molar-refractivity contribution in [3.8, 4) is 5.75 Å². The Hall–Kier alpha value is -1.51. The fourth-order valence-electron chi connectivity index (χ4n) is 1.79. The highest BCUT2D eigenvalue weighted by molar-refractivity contribution is 5.75. The monoisotopic (exact) mass is 235 g/mol. The minimum absolute atomic E-state index is 0.268. The van der Waals surface area contributed by atoms with E-state index in [0.29, 0.717) is 6.42 Å². The first kappa shape index (κ1) is 13.6. The number of methoxy groups -OCH3 is 1. The van der Waals surface area contributed by atoms with Crippen molar-refractivity contribution in [2.45, 2.75) is 26.2 Å². The number of benzene rings is 1. The minimum Gasteiger partial charge on any atom is -0.495 e. The maximum absolute atomic E-state index is 10.8. The second-order valence-electron chi connectivity index (χ2n) is 4.25. The molecule has 0 atom stereocenters. The van der Waals surface area contributed by atoms with Crippen molar-refractivity contribution in [3.05, 3.63) is 24.3 Å². The zero-order valence-corrected chi connectivity index (χ0v) is 10.9. The molecule has 3 heteroatoms. The Morgan fingerprint density at radius 3 is 2.65 bits per heavy atom. The van der Waals surface area contributed by atoms with Gasteiger partial charge < -0.3 is 14.4 Å². The Morgan fingerprint density at radius 1 is 1.29 bits per heavy atom. The lowest BCUT2D eigenvalue weighted by Crippen LogP contribution is -2.19. The van der Waals surface area contributed by atoms with Gasteiger partial charge in [-0.05, 0) is 31.9 Å². The molecule has 0 aliphatic heterocycles. The Labute approximate surface area is 103 Å². The van der Waals surface area contributed by atoms with Crippen LogP contribution in [0.2, 0.25) is 0 Å². The summed E-state index contributed by atoms with van der Waals surface area (Å²) in [4.78, 5) is 13.0. The molecule has 0 aromatic heterocycles. The van der Waals surface area contributed by atoms with Gasteiger partial charge in [-0.2, -0.15) is 0 Å². The van der Waals surface area contributed by atoms with Crippen molar-refractivity contribution in [2.75, 3.05) is 25.6 Å². The van der Waals surface area contributed by atoms with E-state index in [1.54, 1.807) is 14.0 Å². The van der Waals surface area contributed by atoms with E-state index in [1.165, 1.54) is 0 Å². The summed E-state index contributed by atoms with van der Waals surface area (Å²) >= 11 is 0. The molecule has 0 aliphatic carbocycles. The van der Waals surface area contributed by atoms with Gasteiger partial charge in [0, 0.05) is 20.0 Å². The summed E-state index contributed by atoms with van der Waals surface area (Å²) in [5.74, 6) is 1.16. The van der Waals surface area contributed by atoms with Gasteiger partial charge in [-0.15, -0.1) is 0 Å². The van der Waals surface area contributed by atoms with Crippen LogP contribution in [0.5, 0.6) is 5.75 Å². The first-order valence-corrected chi connectivity index (χ1v) is 5.98. The molecule has 0 radical (unpaired) electrons. The summed E-state index contributed by atoms with van der Waals surface area (Å²) in [5.41, 5.74) is 1.10. The molecule has 0 amide bonds. The summed E-state index contributed by atoms with van der Waals surface area (Å²) in [7, 11) is 3.73. The van der Waals surface area contributed by atoms with Crippen molar-refractivity contribution < 1.29 is 9.53 Å². The molecule has 0 aliphatic rings. The van der Waals surface area contributed by atoms with E-state index in [1.807, 2.05) is 31.3 Å². The topological polar surface area (TPSA) is 29.5 Å². The number of anilines is 1. The quantitative estimate of drug-likeness (QED) is 0.681. The van der Waals surface area contributed by atoms with Crippen LogP contribution in [-0.2, 0) is 4.79 Å². The van der Waals surface area contributed by atoms with E-state index in [2.05, 4.69) is 4.90 Å². The van der Waals surface area contributed by atoms with E-state index in [0.717, 1.165) is 30.8 Å². The molecular weight excluding hydrogens is 214 g/mol. The third-order valence-electron chi connectivity index (χ3n) is 2.77. The van der Waals surface area contributed by atoms with Crippen molar-refractivity contribution in [1.29, 1.82) is 0 Å². The largest absolute Gasteiger partial charge is 0.495 e. The molecule has 3 nitrogen and oxygen atoms in total. The van der Waals surface area contributed by atoms with Gasteiger partial charge >= 0.3 is 0 Å². The van der Waals surface area contributed by atoms with Crippen molar-refractivity contribution in [2.24, 2.45) is 0 Å². The molecule has 1 rings (SSSR count). The molecule has 0 spiro atoms. The zero-order chi connectivity index (χ0) is 12.7. The van der Waals surface area contributed by atoms with Crippen molar-refractivity contribution in [3.63, 3.8) is 0 Å². The molecule has 1 aromatic rings. The maximum atomic E-state index is 10.8. The summed E-state index contributed by atoms with van der Waals surface area (Å²) in [6.45, 7) is 2.58. The predicted molar refractivity (Wildman–Crippen MR) is 70.8 cm³/mol. The van der Waals surface area contributed by atoms with Gasteiger partial charge in [0.05, 0.1) is 12.8 Å². The van der Waals surface area contributed by atoms with Crippen LogP contribution in [0.3, 0.4) is 0 Å². The second-order valence-corrected chi connectivity index (χ2v) is 4.25. The fourth-order valence-corrected chi connectivity index (χ4v) is 1.79. The molecular formula is C14H21NO2. The maximum Gasteiger partial charge on any atom is 0.142 e. The summed E-state index contributed by atoms with van der Waals surface area (Å²) in [6.07, 6.45) is 2.66. The fraction of sp³-hybridized carbons (Fsp3) is 0.500. The third kappa shape index (κ3) is 4.47. The molecule has 0 heterocycles. The number of ether oxygens (including phenoxy) is 1. The summed E-state index contributed by atoms with van der Waals surface area (Å²) in [6, 6.07) is 7.97. The molecule has 17 heavy (non-hydrogen) atoms. The number of rotatable bonds is 7. The van der Waals surface area contributed by atoms with Crippen LogP contribution in [0, 0.1) is 0 Å². The number of ketones is 1. The van der Waals surface area contributed by atoms with Gasteiger partial charge in [0.1, 0.15) is 11.5 Å². The highest BCUT2D eigenvalue weighted by Crippen LogP contribution is 2.26. The van der Waals surface area contributed by atoms with Gasteiger partial charge in [-0.3, -0.25) is 0 Å². The lowest BCUT2D eigenvalue weighted by molar-refractivity contribution is -0.117. The van der Waals surface area contributed by atoms with Crippen molar-refractivity contribution >= 4 is 11.5 Å². The Kier molecular flexibility index (Phi) is 5.53. The molecule has 0 saturated heterocycles. The van der Waals surface area contributed by atoms with Crippen LogP contribution in [0.15, 0.2) is 24.3 Å². The van der Waals surface area contributed by atoms with Gasteiger partial charge in [-0.1, -0.05) is 12.1 Å². The number of para-hydroxylation sites is 2. The Balaban J connectivity index is 2.46. The zero-order valence-electron chi connectivity index (χ0n) is 10.9. The number of carbonyl (C=O) groups is 1. The van der Waals surface area contributed by atoms with E-state index in [4.69, 9.17) is 4.74 Å². The number of nitrogens with zero attached hydrogens (tertiary/aromatic N) is 1. The molecule has 0 saturated carbocycles. The van der Waals surface area contributed by atoms with Gasteiger partial charge in [0.2, 0.25) is 0 Å². The van der Waals surface area contributed by atoms with Crippen LogP contribution in [0.1, 0.15) is 26.2 Å². The van der Waals surface area contributed by atoms with E-state index >= 15 is 0 Å². The Bertz CT molecular complexity index is 363. The molecule has 0 bridgehead atoms. The van der Waals surface area contributed by atoms with Crippen LogP contribution >= 0.6 is 0 Å². The average molecular weight is 235 g/mol. The van der Waals surface area contributed by atoms with Crippen LogP contribution < -0.4 is 9.64 Å². The van der Waals surface area contributed by atoms with Crippen LogP contribution in [0.25, 0.3) is 0 Å². The number of hydrogen-bond donors (Lipinski definition) is 0. The van der Waals surface area contributed by atoms with Gasteiger partial charge in [0.15, 0.2) is 0 Å². The summed E-state index contributed by atoms with van der Waals surface area (Å²) in [5, 5.41) is 0. The normalized spacial score (nSPS) is 10.1. The molecule has 1 aromatic carbocycles. The lowest BCUT2D eigenvalue weighted by atomic mass is 10.2. The lowest BCUT2D eigenvalue weighted by Gasteiger charge is -2.21. The highest BCUT2D eigenvalue weighted by atomic mass is 16.5. The third-order valence-corrected chi connectivity index (χ3v) is 2.77. The van der Waals surface area contributed by atoms with E-state index in [-0.39, 0.29) is 5.78 Å². The predicted octanol–water partition coefficient (Wildman–Crippen LogP) is 2.89. The molecule has 0 fully saturated rings. The van der Waals surface area contributed by atoms with E-state index < -0.39 is 0 Å². The summed E-state index contributed by atoms with van der Waals surface area (Å²) < 4.78 is 5.32.